The van der Waals surface area contributed by atoms with E-state index in [2.05, 4.69) is 39.2 Å². The van der Waals surface area contributed by atoms with Gasteiger partial charge in [0, 0.05) is 110 Å². The Hall–Kier alpha value is -4.20. The molecule has 46 heavy (non-hydrogen) atoms. The Labute approximate surface area is 301 Å². The van der Waals surface area contributed by atoms with Gasteiger partial charge in [0.05, 0.1) is 17.4 Å². The average molecular weight is 975 g/mol. The number of hydrogen-bond donors (Lipinski definition) is 1. The van der Waals surface area contributed by atoms with Crippen LogP contribution in [0.15, 0.2) is 128 Å². The number of rotatable bonds is 4. The van der Waals surface area contributed by atoms with Gasteiger partial charge in [0.25, 0.3) is 0 Å². The third-order valence-electron chi connectivity index (χ3n) is 5.81. The van der Waals surface area contributed by atoms with Crippen LogP contribution in [0.1, 0.15) is 22.7 Å². The van der Waals surface area contributed by atoms with Gasteiger partial charge in [0.1, 0.15) is 5.82 Å². The Kier molecular flexibility index (Phi) is 20.3. The summed E-state index contributed by atoms with van der Waals surface area (Å²) in [5, 5.41) is 8.36. The summed E-state index contributed by atoms with van der Waals surface area (Å²) >= 11 is 0. The third kappa shape index (κ3) is 13.8. The first-order valence-electron chi connectivity index (χ1n) is 13.6. The van der Waals surface area contributed by atoms with Crippen LogP contribution >= 0.6 is 0 Å². The quantitative estimate of drug-likeness (QED) is 0.112. The summed E-state index contributed by atoms with van der Waals surface area (Å²) in [6, 6.07) is 32.1. The van der Waals surface area contributed by atoms with Crippen LogP contribution in [-0.2, 0) is 66.1 Å². The topological polar surface area (TPSA) is 90.8 Å². The first-order valence-corrected chi connectivity index (χ1v) is 13.6. The Bertz CT molecular complexity index is 1520. The number of benzene rings is 3. The molecule has 8 nitrogen and oxygen atoms in total. The van der Waals surface area contributed by atoms with Gasteiger partial charge in [-0.15, -0.1) is 71.8 Å². The van der Waals surface area contributed by atoms with Crippen molar-refractivity contribution < 1.29 is 51.5 Å². The van der Waals surface area contributed by atoms with Gasteiger partial charge < -0.3 is 20.2 Å². The van der Waals surface area contributed by atoms with E-state index in [1.165, 1.54) is 19.9 Å². The van der Waals surface area contributed by atoms with Gasteiger partial charge in [-0.3, -0.25) is 14.8 Å². The fraction of sp³-hybridized carbons (Fsp3) is 0.167. The molecule has 2 radical (unpaired) electrons. The number of carbonyl (C=O) groups is 1. The van der Waals surface area contributed by atoms with Crippen molar-refractivity contribution in [2.75, 3.05) is 0 Å². The summed E-state index contributed by atoms with van der Waals surface area (Å²) < 4.78 is 5.97. The number of hydrogen-bond acceptors (Lipinski definition) is 5. The van der Waals surface area contributed by atoms with Gasteiger partial charge >= 0.3 is 0 Å². The monoisotopic (exact) mass is 976 g/mol. The zero-order valence-electron chi connectivity index (χ0n) is 26.8. The fourth-order valence-corrected chi connectivity index (χ4v) is 3.84. The average Bonchev–Trinajstić information content (AvgIpc) is 3.76. The second-order valence-corrected chi connectivity index (χ2v) is 9.40. The number of nitrogens with zero attached hydrogens (tertiary/aromatic N) is 6. The van der Waals surface area contributed by atoms with Crippen molar-refractivity contribution in [1.82, 2.24) is 28.7 Å². The SMILES string of the molecule is C.CC(=O)C=C(C)O.Cn1ccnc1-c1[c-]cccc1.Cn1ccnc1-c1[c-]cccc1.Cn1ccnc1-c1ccccc1.[2H-].[Ir].[Ir]. The molecule has 0 aliphatic rings. The molecule has 6 rings (SSSR count). The van der Waals surface area contributed by atoms with Crippen LogP contribution in [0.2, 0.25) is 0 Å². The van der Waals surface area contributed by atoms with E-state index < -0.39 is 0 Å². The van der Waals surface area contributed by atoms with Gasteiger partial charge in [-0.2, -0.15) is 0 Å². The second kappa shape index (κ2) is 22.3. The summed E-state index contributed by atoms with van der Waals surface area (Å²) in [5.74, 6) is 2.86. The van der Waals surface area contributed by atoms with Crippen LogP contribution in [0.3, 0.4) is 0 Å². The number of carbonyl (C=O) groups excluding carboxylic acids is 1. The molecule has 0 amide bonds. The van der Waals surface area contributed by atoms with E-state index in [4.69, 9.17) is 5.11 Å². The molecule has 0 bridgehead atoms. The van der Waals surface area contributed by atoms with Crippen LogP contribution in [0.25, 0.3) is 34.2 Å². The van der Waals surface area contributed by atoms with Crippen molar-refractivity contribution in [3.63, 3.8) is 0 Å². The fourth-order valence-electron chi connectivity index (χ4n) is 3.84. The van der Waals surface area contributed by atoms with Crippen molar-refractivity contribution in [2.45, 2.75) is 21.3 Å². The van der Waals surface area contributed by atoms with Crippen molar-refractivity contribution in [2.24, 2.45) is 21.1 Å². The van der Waals surface area contributed by atoms with Crippen LogP contribution in [0.4, 0.5) is 0 Å². The van der Waals surface area contributed by atoms with E-state index >= 15 is 0 Å². The molecule has 0 saturated heterocycles. The van der Waals surface area contributed by atoms with Crippen LogP contribution < -0.4 is 0 Å². The molecule has 3 aromatic heterocycles. The van der Waals surface area contributed by atoms with Gasteiger partial charge in [-0.05, 0) is 13.8 Å². The molecule has 10 heteroatoms. The summed E-state index contributed by atoms with van der Waals surface area (Å²) in [7, 11) is 5.95. The van der Waals surface area contributed by atoms with E-state index in [9.17, 15) is 4.79 Å². The number of aromatic nitrogens is 6. The first-order chi connectivity index (χ1) is 20.8. The maximum Gasteiger partial charge on any atom is 0.155 e. The Morgan fingerprint density at radius 1 is 0.674 bits per heavy atom. The number of aliphatic hydroxyl groups is 1. The molecule has 0 aliphatic heterocycles. The molecule has 0 atom stereocenters. The van der Waals surface area contributed by atoms with Gasteiger partial charge in [-0.1, -0.05) is 37.8 Å². The van der Waals surface area contributed by atoms with E-state index in [-0.39, 0.29) is 60.6 Å². The number of imidazole rings is 3. The number of aliphatic hydroxyl groups excluding tert-OH is 1. The van der Waals surface area contributed by atoms with Crippen molar-refractivity contribution in [3.8, 4) is 34.2 Å². The predicted molar refractivity (Wildman–Crippen MR) is 179 cm³/mol. The molecule has 0 spiro atoms. The van der Waals surface area contributed by atoms with E-state index in [1.807, 2.05) is 126 Å². The molecule has 3 heterocycles. The minimum atomic E-state index is -0.125. The summed E-state index contributed by atoms with van der Waals surface area (Å²) in [4.78, 5) is 22.7. The second-order valence-electron chi connectivity index (χ2n) is 9.40. The third-order valence-corrected chi connectivity index (χ3v) is 5.81. The van der Waals surface area contributed by atoms with Gasteiger partial charge in [0.15, 0.2) is 5.78 Å². The van der Waals surface area contributed by atoms with E-state index in [0.29, 0.717) is 0 Å². The molecule has 6 aromatic rings. The van der Waals surface area contributed by atoms with Crippen LogP contribution in [0, 0.1) is 12.1 Å². The first kappa shape index (κ1) is 41.8. The zero-order valence-corrected chi connectivity index (χ0v) is 30.5. The maximum atomic E-state index is 10.0. The summed E-state index contributed by atoms with van der Waals surface area (Å²) in [5.41, 5.74) is 3.22. The zero-order chi connectivity index (χ0) is 31.0. The number of allylic oxidation sites excluding steroid dienone is 2. The van der Waals surface area contributed by atoms with Crippen molar-refractivity contribution >= 4 is 5.78 Å². The summed E-state index contributed by atoms with van der Waals surface area (Å²) in [6.45, 7) is 2.85. The summed E-state index contributed by atoms with van der Waals surface area (Å²) in [6.07, 6.45) is 12.4. The Balaban J connectivity index is 0. The minimum Gasteiger partial charge on any atom is -1.00 e. The Morgan fingerprint density at radius 3 is 1.35 bits per heavy atom. The number of ketones is 1. The molecule has 0 unspecified atom stereocenters. The molecular formula is C36H41Ir2N6O2-3. The molecular weight excluding hydrogens is 933 g/mol. The molecule has 0 aliphatic carbocycles. The normalized spacial score (nSPS) is 9.63. The van der Waals surface area contributed by atoms with E-state index in [0.717, 1.165) is 34.2 Å². The molecule has 1 N–H and O–H groups in total. The molecule has 3 aromatic carbocycles. The van der Waals surface area contributed by atoms with Crippen LogP contribution in [-0.4, -0.2) is 39.5 Å². The largest absolute Gasteiger partial charge is 1.00 e. The standard InChI is InChI=1S/C10H10N2.2C10H9N2.C5H8O2.CH4.2Ir.H/c3*1-12-8-7-11-10(12)9-5-3-2-4-6-9;1-4(6)3-5(2)7;;;;/h2-8H,1H3;2*2-5,7-8H,1H3;3,6H,1-2H3;1H4;;;/q;2*-1;;;;;-1/i;;;;;;;1+1. The van der Waals surface area contributed by atoms with Gasteiger partial charge in [0.2, 0.25) is 0 Å². The van der Waals surface area contributed by atoms with Crippen molar-refractivity contribution in [3.05, 3.63) is 140 Å². The Morgan fingerprint density at radius 2 is 1.07 bits per heavy atom. The molecule has 0 fully saturated rings. The van der Waals surface area contributed by atoms with Crippen LogP contribution in [0.5, 0.6) is 0 Å². The molecule has 0 saturated carbocycles. The van der Waals surface area contributed by atoms with E-state index in [1.54, 1.807) is 12.4 Å². The maximum absolute atomic E-state index is 10.0. The van der Waals surface area contributed by atoms with Gasteiger partial charge in [-0.25, -0.2) is 4.98 Å². The minimum absolute atomic E-state index is 0. The predicted octanol–water partition coefficient (Wildman–Crippen LogP) is 7.64. The van der Waals surface area contributed by atoms with Crippen molar-refractivity contribution in [1.29, 1.82) is 0 Å². The smallest absolute Gasteiger partial charge is 0.155 e. The number of aryl methyl sites for hydroxylation is 3. The molecule has 248 valence electrons.